The number of hydrogen-bond acceptors (Lipinski definition) is 6. The first-order chi connectivity index (χ1) is 12.9. The Morgan fingerprint density at radius 1 is 1.11 bits per heavy atom. The van der Waals surface area contributed by atoms with Crippen LogP contribution in [-0.2, 0) is 14.3 Å². The number of benzene rings is 1. The summed E-state index contributed by atoms with van der Waals surface area (Å²) in [5.41, 5.74) is 1.38. The molecule has 0 aliphatic heterocycles. The Labute approximate surface area is 160 Å². The molecule has 1 aromatic heterocycles. The zero-order valence-electron chi connectivity index (χ0n) is 16.2. The fourth-order valence-corrected chi connectivity index (χ4v) is 2.18. The van der Waals surface area contributed by atoms with Gasteiger partial charge in [0, 0.05) is 5.56 Å². The number of halogens is 1. The molecule has 0 bridgehead atoms. The lowest BCUT2D eigenvalue weighted by molar-refractivity contribution is 0.222. The number of rotatable bonds is 6. The highest BCUT2D eigenvalue weighted by molar-refractivity contribution is 7.85. The van der Waals surface area contributed by atoms with E-state index in [1.807, 2.05) is 33.8 Å². The minimum atomic E-state index is -3.54. The molecule has 0 atom stereocenters. The second-order valence-electron chi connectivity index (χ2n) is 4.56. The molecule has 8 heteroatoms. The third-order valence-electron chi connectivity index (χ3n) is 2.78. The maximum absolute atomic E-state index is 13.0. The summed E-state index contributed by atoms with van der Waals surface area (Å²) in [5.74, 6) is -0.0416. The zero-order valence-corrected chi connectivity index (χ0v) is 17.0. The number of pyridine rings is 1. The van der Waals surface area contributed by atoms with Crippen molar-refractivity contribution in [2.24, 2.45) is 0 Å². The van der Waals surface area contributed by atoms with E-state index in [9.17, 15) is 12.8 Å². The Balaban J connectivity index is 0.00000158. The molecule has 2 aromatic rings. The predicted molar refractivity (Wildman–Crippen MR) is 103 cm³/mol. The van der Waals surface area contributed by atoms with Gasteiger partial charge in [0.1, 0.15) is 36.5 Å². The van der Waals surface area contributed by atoms with Crippen molar-refractivity contribution in [3.05, 3.63) is 48.0 Å². The molecule has 0 spiro atoms. The van der Waals surface area contributed by atoms with Crippen molar-refractivity contribution >= 4 is 10.1 Å². The number of aromatic nitrogens is 1. The van der Waals surface area contributed by atoms with Crippen LogP contribution in [0.3, 0.4) is 0 Å². The Hall–Kier alpha value is -2.50. The number of nitrogens with zero attached hydrogens (tertiary/aromatic N) is 2. The van der Waals surface area contributed by atoms with Gasteiger partial charge < -0.3 is 4.74 Å². The normalized spacial score (nSPS) is 9.81. The quantitative estimate of drug-likeness (QED) is 0.538. The molecule has 0 amide bonds. The average molecular weight is 396 g/mol. The van der Waals surface area contributed by atoms with Crippen LogP contribution in [0.1, 0.15) is 33.4 Å². The predicted octanol–water partition coefficient (Wildman–Crippen LogP) is 4.17. The van der Waals surface area contributed by atoms with E-state index in [4.69, 9.17) is 10.00 Å². The highest BCUT2D eigenvalue weighted by Crippen LogP contribution is 2.30. The van der Waals surface area contributed by atoms with Gasteiger partial charge in [-0.15, -0.1) is 0 Å². The maximum atomic E-state index is 13.0. The van der Waals surface area contributed by atoms with E-state index in [1.165, 1.54) is 24.4 Å². The van der Waals surface area contributed by atoms with E-state index in [2.05, 4.69) is 9.17 Å². The maximum Gasteiger partial charge on any atom is 0.264 e. The summed E-state index contributed by atoms with van der Waals surface area (Å²) in [6.07, 6.45) is 2.30. The molecule has 0 aliphatic rings. The largest absolute Gasteiger partial charge is 0.489 e. The van der Waals surface area contributed by atoms with Crippen molar-refractivity contribution in [2.45, 2.75) is 27.7 Å². The van der Waals surface area contributed by atoms with E-state index in [0.717, 1.165) is 6.26 Å². The zero-order chi connectivity index (χ0) is 20.9. The van der Waals surface area contributed by atoms with Crippen LogP contribution < -0.4 is 4.74 Å². The van der Waals surface area contributed by atoms with Gasteiger partial charge in [-0.1, -0.05) is 39.8 Å². The highest BCUT2D eigenvalue weighted by atomic mass is 32.2. The molecule has 27 heavy (non-hydrogen) atoms. The van der Waals surface area contributed by atoms with Crippen LogP contribution in [0, 0.1) is 17.1 Å². The minimum absolute atomic E-state index is 0.0190. The fraction of sp³-hybridized carbons (Fsp3) is 0.368. The molecule has 2 rings (SSSR count). The minimum Gasteiger partial charge on any atom is -0.489 e. The molecule has 0 saturated heterocycles. The first kappa shape index (κ1) is 24.5. The van der Waals surface area contributed by atoms with Crippen molar-refractivity contribution < 1.29 is 21.7 Å². The molecule has 1 heterocycles. The third-order valence-corrected chi connectivity index (χ3v) is 3.37. The van der Waals surface area contributed by atoms with E-state index in [0.29, 0.717) is 16.9 Å². The van der Waals surface area contributed by atoms with E-state index < -0.39 is 10.1 Å². The number of hydrogen-bond donors (Lipinski definition) is 0. The van der Waals surface area contributed by atoms with Gasteiger partial charge >= 0.3 is 0 Å². The smallest absolute Gasteiger partial charge is 0.264 e. The van der Waals surface area contributed by atoms with Crippen LogP contribution in [0.2, 0.25) is 0 Å². The summed E-state index contributed by atoms with van der Waals surface area (Å²) >= 11 is 0. The lowest BCUT2D eigenvalue weighted by Crippen LogP contribution is -2.11. The second kappa shape index (κ2) is 12.8. The summed E-state index contributed by atoms with van der Waals surface area (Å²) in [4.78, 5) is 3.91. The molecule has 6 nitrogen and oxygen atoms in total. The van der Waals surface area contributed by atoms with Crippen LogP contribution in [0.5, 0.6) is 5.75 Å². The summed E-state index contributed by atoms with van der Waals surface area (Å²) in [6.45, 7) is 7.83. The molecule has 0 fully saturated rings. The Morgan fingerprint density at radius 2 is 1.70 bits per heavy atom. The molecule has 0 unspecified atom stereocenters. The summed E-state index contributed by atoms with van der Waals surface area (Å²) in [5, 5.41) is 8.95. The van der Waals surface area contributed by atoms with Crippen LogP contribution in [0.15, 0.2) is 36.5 Å². The van der Waals surface area contributed by atoms with Crippen LogP contribution in [-0.4, -0.2) is 32.9 Å². The second-order valence-corrected chi connectivity index (χ2v) is 6.20. The van der Waals surface area contributed by atoms with Crippen molar-refractivity contribution in [2.75, 3.05) is 19.5 Å². The van der Waals surface area contributed by atoms with Crippen molar-refractivity contribution in [1.82, 2.24) is 4.98 Å². The SMILES string of the molecule is CC.CC.CS(=O)(=O)OCCOc1cnc(C#N)cc1-c1ccc(F)cc1. The van der Waals surface area contributed by atoms with Gasteiger partial charge in [0.2, 0.25) is 0 Å². The van der Waals surface area contributed by atoms with Crippen LogP contribution >= 0.6 is 0 Å². The molecule has 1 aromatic carbocycles. The Kier molecular flexibility index (Phi) is 11.6. The molecule has 0 N–H and O–H groups in total. The van der Waals surface area contributed by atoms with Crippen molar-refractivity contribution in [1.29, 1.82) is 5.26 Å². The van der Waals surface area contributed by atoms with Crippen LogP contribution in [0.4, 0.5) is 4.39 Å². The van der Waals surface area contributed by atoms with Gasteiger partial charge in [-0.2, -0.15) is 13.7 Å². The molecular weight excluding hydrogens is 371 g/mol. The Morgan fingerprint density at radius 3 is 2.22 bits per heavy atom. The summed E-state index contributed by atoms with van der Waals surface area (Å²) < 4.78 is 44.9. The first-order valence-corrected chi connectivity index (χ1v) is 10.3. The third kappa shape index (κ3) is 9.13. The van der Waals surface area contributed by atoms with Gasteiger partial charge in [-0.3, -0.25) is 4.18 Å². The van der Waals surface area contributed by atoms with E-state index in [-0.39, 0.29) is 24.7 Å². The average Bonchev–Trinajstić information content (AvgIpc) is 2.68. The van der Waals surface area contributed by atoms with Gasteiger partial charge in [0.25, 0.3) is 10.1 Å². The van der Waals surface area contributed by atoms with E-state index >= 15 is 0 Å². The van der Waals surface area contributed by atoms with Crippen LogP contribution in [0.25, 0.3) is 11.1 Å². The van der Waals surface area contributed by atoms with Crippen molar-refractivity contribution in [3.63, 3.8) is 0 Å². The molecule has 0 radical (unpaired) electrons. The van der Waals surface area contributed by atoms with Gasteiger partial charge in [-0.05, 0) is 23.8 Å². The summed E-state index contributed by atoms with van der Waals surface area (Å²) in [6, 6.07) is 9.11. The number of ether oxygens (including phenoxy) is 1. The first-order valence-electron chi connectivity index (χ1n) is 8.52. The fourth-order valence-electron chi connectivity index (χ4n) is 1.81. The molecule has 0 saturated carbocycles. The topological polar surface area (TPSA) is 89.3 Å². The Bertz CT molecular complexity index is 832. The standard InChI is InChI=1S/C15H13FN2O4S.2C2H6/c1-23(19,20)22-7-6-21-15-10-18-13(9-17)8-14(15)11-2-4-12(16)5-3-11;2*1-2/h2-5,8,10H,6-7H2,1H3;2*1-2H3. The highest BCUT2D eigenvalue weighted by Gasteiger charge is 2.10. The van der Waals surface area contributed by atoms with E-state index in [1.54, 1.807) is 12.1 Å². The molecule has 0 aliphatic carbocycles. The summed E-state index contributed by atoms with van der Waals surface area (Å²) in [7, 11) is -3.54. The monoisotopic (exact) mass is 396 g/mol. The lowest BCUT2D eigenvalue weighted by Gasteiger charge is -2.11. The molecule has 148 valence electrons. The van der Waals surface area contributed by atoms with Crippen molar-refractivity contribution in [3.8, 4) is 22.9 Å². The molecular formula is C19H25FN2O4S. The van der Waals surface area contributed by atoms with Gasteiger partial charge in [-0.25, -0.2) is 9.37 Å². The lowest BCUT2D eigenvalue weighted by atomic mass is 10.1. The van der Waals surface area contributed by atoms with Gasteiger partial charge in [0.15, 0.2) is 0 Å². The number of nitriles is 1. The van der Waals surface area contributed by atoms with Gasteiger partial charge in [0.05, 0.1) is 12.5 Å².